The minimum atomic E-state index is 0.506. The maximum Gasteiger partial charge on any atom is 0.0948 e. The Bertz CT molecular complexity index is 539. The molecule has 19 heavy (non-hydrogen) atoms. The number of nitrogens with one attached hydrogen (secondary N) is 1. The summed E-state index contributed by atoms with van der Waals surface area (Å²) in [6.07, 6.45) is 6.62. The summed E-state index contributed by atoms with van der Waals surface area (Å²) in [5.41, 5.74) is 2.05. The molecule has 0 saturated carbocycles. The van der Waals surface area contributed by atoms with Gasteiger partial charge in [0.2, 0.25) is 0 Å². The molecule has 1 atom stereocenters. The zero-order chi connectivity index (χ0) is 13.7. The van der Waals surface area contributed by atoms with Crippen molar-refractivity contribution >= 4 is 28.2 Å². The summed E-state index contributed by atoms with van der Waals surface area (Å²) >= 11 is 6.22. The van der Waals surface area contributed by atoms with Crippen LogP contribution in [0.3, 0.4) is 0 Å². The summed E-state index contributed by atoms with van der Waals surface area (Å²) in [7, 11) is 0. The van der Waals surface area contributed by atoms with Gasteiger partial charge >= 0.3 is 0 Å². The molecule has 1 aromatic carbocycles. The van der Waals surface area contributed by atoms with E-state index in [1.165, 1.54) is 19.3 Å². The van der Waals surface area contributed by atoms with Crippen LogP contribution in [-0.2, 0) is 0 Å². The van der Waals surface area contributed by atoms with Crippen LogP contribution in [0.1, 0.15) is 39.5 Å². The van der Waals surface area contributed by atoms with Crippen molar-refractivity contribution in [1.29, 1.82) is 0 Å². The lowest BCUT2D eigenvalue weighted by Crippen LogP contribution is -2.18. The summed E-state index contributed by atoms with van der Waals surface area (Å²) in [5, 5.41) is 5.39. The highest BCUT2D eigenvalue weighted by Crippen LogP contribution is 2.29. The van der Waals surface area contributed by atoms with E-state index in [9.17, 15) is 0 Å². The average Bonchev–Trinajstić information content (AvgIpc) is 2.46. The van der Waals surface area contributed by atoms with Crippen LogP contribution in [0, 0.1) is 0 Å². The smallest absolute Gasteiger partial charge is 0.0948 e. The second-order valence-electron chi connectivity index (χ2n) is 4.89. The third-order valence-corrected chi connectivity index (χ3v) is 3.80. The van der Waals surface area contributed by atoms with Gasteiger partial charge in [-0.15, -0.1) is 0 Å². The van der Waals surface area contributed by atoms with E-state index < -0.39 is 0 Å². The van der Waals surface area contributed by atoms with E-state index in [2.05, 4.69) is 24.1 Å². The van der Waals surface area contributed by atoms with Crippen molar-refractivity contribution in [2.75, 3.05) is 5.32 Å². The number of halogens is 1. The zero-order valence-corrected chi connectivity index (χ0v) is 12.4. The summed E-state index contributed by atoms with van der Waals surface area (Å²) in [6, 6.07) is 8.42. The summed E-state index contributed by atoms with van der Waals surface area (Å²) < 4.78 is 0. The summed E-state index contributed by atoms with van der Waals surface area (Å²) in [4.78, 5) is 4.46. The molecule has 1 unspecified atom stereocenters. The molecule has 0 fully saturated rings. The lowest BCUT2D eigenvalue weighted by Gasteiger charge is -2.19. The first kappa shape index (κ1) is 14.1. The normalized spacial score (nSPS) is 12.6. The molecule has 0 bridgehead atoms. The Balaban J connectivity index is 2.27. The van der Waals surface area contributed by atoms with Crippen molar-refractivity contribution in [2.24, 2.45) is 0 Å². The molecule has 1 aromatic heterocycles. The monoisotopic (exact) mass is 276 g/mol. The van der Waals surface area contributed by atoms with E-state index in [0.29, 0.717) is 6.04 Å². The lowest BCUT2D eigenvalue weighted by atomic mass is 10.1. The Kier molecular flexibility index (Phi) is 5.03. The van der Waals surface area contributed by atoms with Crippen molar-refractivity contribution < 1.29 is 0 Å². The number of nitrogens with zero attached hydrogens (tertiary/aromatic N) is 1. The first-order valence-electron chi connectivity index (χ1n) is 7.06. The van der Waals surface area contributed by atoms with Crippen LogP contribution >= 0.6 is 11.6 Å². The molecule has 1 heterocycles. The van der Waals surface area contributed by atoms with E-state index in [1.807, 2.05) is 30.5 Å². The highest BCUT2D eigenvalue weighted by molar-refractivity contribution is 6.35. The van der Waals surface area contributed by atoms with Crippen molar-refractivity contribution in [2.45, 2.75) is 45.6 Å². The topological polar surface area (TPSA) is 24.9 Å². The van der Waals surface area contributed by atoms with Gasteiger partial charge in [0.05, 0.1) is 16.2 Å². The van der Waals surface area contributed by atoms with E-state index in [1.54, 1.807) is 0 Å². The second-order valence-corrected chi connectivity index (χ2v) is 5.29. The van der Waals surface area contributed by atoms with Gasteiger partial charge in [0.25, 0.3) is 0 Å². The number of aromatic nitrogens is 1. The fourth-order valence-electron chi connectivity index (χ4n) is 2.30. The van der Waals surface area contributed by atoms with Gasteiger partial charge in [0.15, 0.2) is 0 Å². The number of pyridine rings is 1. The van der Waals surface area contributed by atoms with Gasteiger partial charge in [-0.05, 0) is 37.1 Å². The highest BCUT2D eigenvalue weighted by Gasteiger charge is 2.10. The molecule has 0 aliphatic rings. The molecule has 0 saturated heterocycles. The lowest BCUT2D eigenvalue weighted by molar-refractivity contribution is 0.594. The molecule has 0 aliphatic carbocycles. The Morgan fingerprint density at radius 1 is 1.26 bits per heavy atom. The van der Waals surface area contributed by atoms with Crippen molar-refractivity contribution in [3.8, 4) is 0 Å². The van der Waals surface area contributed by atoms with E-state index in [4.69, 9.17) is 11.6 Å². The molecule has 2 rings (SSSR count). The Labute approximate surface area is 120 Å². The molecule has 0 aliphatic heterocycles. The highest BCUT2D eigenvalue weighted by atomic mass is 35.5. The van der Waals surface area contributed by atoms with E-state index >= 15 is 0 Å². The molecule has 2 aromatic rings. The molecule has 102 valence electrons. The van der Waals surface area contributed by atoms with Crippen LogP contribution in [-0.4, -0.2) is 11.0 Å². The van der Waals surface area contributed by atoms with Gasteiger partial charge in [0, 0.05) is 17.6 Å². The second kappa shape index (κ2) is 6.76. The van der Waals surface area contributed by atoms with Crippen molar-refractivity contribution in [3.05, 3.63) is 35.5 Å². The van der Waals surface area contributed by atoms with Crippen LogP contribution in [0.15, 0.2) is 30.5 Å². The summed E-state index contributed by atoms with van der Waals surface area (Å²) in [5.74, 6) is 0. The van der Waals surface area contributed by atoms with Gasteiger partial charge in [-0.2, -0.15) is 0 Å². The summed E-state index contributed by atoms with van der Waals surface area (Å²) in [6.45, 7) is 4.45. The number of hydrogen-bond acceptors (Lipinski definition) is 2. The number of hydrogen-bond donors (Lipinski definition) is 1. The van der Waals surface area contributed by atoms with Crippen LogP contribution in [0.25, 0.3) is 10.9 Å². The third kappa shape index (κ3) is 3.38. The van der Waals surface area contributed by atoms with E-state index in [0.717, 1.165) is 28.0 Å². The first-order chi connectivity index (χ1) is 9.26. The Morgan fingerprint density at radius 2 is 2.11 bits per heavy atom. The van der Waals surface area contributed by atoms with Gasteiger partial charge in [-0.3, -0.25) is 4.98 Å². The molecular weight excluding hydrogens is 256 g/mol. The number of unbranched alkanes of at least 4 members (excludes halogenated alkanes) is 1. The predicted octanol–water partition coefficient (Wildman–Crippen LogP) is 5.27. The quantitative estimate of drug-likeness (QED) is 0.777. The molecule has 0 spiro atoms. The fourth-order valence-corrected chi connectivity index (χ4v) is 2.52. The van der Waals surface area contributed by atoms with E-state index in [-0.39, 0.29) is 0 Å². The van der Waals surface area contributed by atoms with Gasteiger partial charge in [-0.25, -0.2) is 0 Å². The number of fused-ring (bicyclic) bond motifs is 1. The molecule has 2 nitrogen and oxygen atoms in total. The SMILES string of the molecule is CCCCC(CC)Nc1ccc(Cl)c2cccnc12. The number of benzene rings is 1. The molecule has 1 N–H and O–H groups in total. The molecule has 0 radical (unpaired) electrons. The van der Waals surface area contributed by atoms with Crippen LogP contribution < -0.4 is 5.32 Å². The van der Waals surface area contributed by atoms with Crippen LogP contribution in [0.5, 0.6) is 0 Å². The van der Waals surface area contributed by atoms with Gasteiger partial charge in [-0.1, -0.05) is 38.3 Å². The Hall–Kier alpha value is -1.28. The predicted molar refractivity (Wildman–Crippen MR) is 84.0 cm³/mol. The number of anilines is 1. The third-order valence-electron chi connectivity index (χ3n) is 3.48. The van der Waals surface area contributed by atoms with Gasteiger partial charge in [0.1, 0.15) is 0 Å². The number of rotatable bonds is 6. The molecular formula is C16H21ClN2. The minimum absolute atomic E-state index is 0.506. The maximum atomic E-state index is 6.22. The van der Waals surface area contributed by atoms with Crippen LogP contribution in [0.2, 0.25) is 5.02 Å². The fraction of sp³-hybridized carbons (Fsp3) is 0.438. The molecule has 3 heteroatoms. The molecule has 0 amide bonds. The van der Waals surface area contributed by atoms with Crippen molar-refractivity contribution in [1.82, 2.24) is 4.98 Å². The van der Waals surface area contributed by atoms with Gasteiger partial charge < -0.3 is 5.32 Å². The van der Waals surface area contributed by atoms with Crippen molar-refractivity contribution in [3.63, 3.8) is 0 Å². The standard InChI is InChI=1S/C16H21ClN2/c1-3-5-7-12(4-2)19-15-10-9-14(17)13-8-6-11-18-16(13)15/h6,8-12,19H,3-5,7H2,1-2H3. The largest absolute Gasteiger partial charge is 0.381 e. The maximum absolute atomic E-state index is 6.22. The Morgan fingerprint density at radius 3 is 2.84 bits per heavy atom. The zero-order valence-electron chi connectivity index (χ0n) is 11.6. The van der Waals surface area contributed by atoms with Crippen LogP contribution in [0.4, 0.5) is 5.69 Å². The average molecular weight is 277 g/mol. The minimum Gasteiger partial charge on any atom is -0.381 e. The first-order valence-corrected chi connectivity index (χ1v) is 7.43.